The van der Waals surface area contributed by atoms with Crippen LogP contribution in [-0.2, 0) is 4.74 Å². The molecule has 2 fully saturated rings. The number of nitrogens with one attached hydrogen (secondary N) is 1. The molecule has 0 aromatic heterocycles. The maximum atomic E-state index is 10.5. The number of ether oxygens (including phenoxy) is 1. The molecule has 20 heavy (non-hydrogen) atoms. The third-order valence-corrected chi connectivity index (χ3v) is 5.93. The highest BCUT2D eigenvalue weighted by atomic mass is 16.5. The van der Waals surface area contributed by atoms with Crippen LogP contribution in [0.25, 0.3) is 0 Å². The third-order valence-electron chi connectivity index (χ3n) is 5.93. The molecule has 2 N–H and O–H groups in total. The maximum Gasteiger partial charge on any atom is 0.0766 e. The molecule has 2 aliphatic carbocycles. The van der Waals surface area contributed by atoms with Gasteiger partial charge in [-0.1, -0.05) is 33.1 Å². The average molecular weight is 283 g/mol. The summed E-state index contributed by atoms with van der Waals surface area (Å²) in [6.45, 7) is 7.80. The van der Waals surface area contributed by atoms with Crippen LogP contribution >= 0.6 is 0 Å². The van der Waals surface area contributed by atoms with Gasteiger partial charge in [-0.25, -0.2) is 0 Å². The van der Waals surface area contributed by atoms with Gasteiger partial charge in [-0.3, -0.25) is 0 Å². The Morgan fingerprint density at radius 3 is 2.35 bits per heavy atom. The molecule has 0 heterocycles. The molecule has 2 unspecified atom stereocenters. The van der Waals surface area contributed by atoms with Crippen molar-refractivity contribution >= 4 is 0 Å². The second-order valence-corrected chi connectivity index (χ2v) is 6.84. The molecule has 2 rings (SSSR count). The van der Waals surface area contributed by atoms with E-state index in [0.29, 0.717) is 17.6 Å². The number of aliphatic hydroxyl groups is 1. The van der Waals surface area contributed by atoms with Crippen molar-refractivity contribution in [2.75, 3.05) is 13.2 Å². The van der Waals surface area contributed by atoms with Crippen molar-refractivity contribution in [1.29, 1.82) is 0 Å². The molecule has 2 atom stereocenters. The summed E-state index contributed by atoms with van der Waals surface area (Å²) in [5, 5.41) is 14.1. The fourth-order valence-corrected chi connectivity index (χ4v) is 4.16. The van der Waals surface area contributed by atoms with Gasteiger partial charge in [0.05, 0.1) is 11.7 Å². The molecule has 0 aromatic carbocycles. The highest BCUT2D eigenvalue weighted by Crippen LogP contribution is 2.53. The Bertz CT molecular complexity index is 295. The summed E-state index contributed by atoms with van der Waals surface area (Å²) in [6, 6.07) is 0.545. The van der Waals surface area contributed by atoms with Gasteiger partial charge in [-0.2, -0.15) is 0 Å². The van der Waals surface area contributed by atoms with Crippen LogP contribution in [0.1, 0.15) is 72.1 Å². The largest absolute Gasteiger partial charge is 0.389 e. The Hall–Kier alpha value is -0.120. The van der Waals surface area contributed by atoms with Crippen molar-refractivity contribution in [1.82, 2.24) is 5.32 Å². The number of hydrogen-bond acceptors (Lipinski definition) is 3. The third kappa shape index (κ3) is 3.05. The second kappa shape index (κ2) is 6.76. The summed E-state index contributed by atoms with van der Waals surface area (Å²) < 4.78 is 5.98. The Labute approximate surface area is 124 Å². The topological polar surface area (TPSA) is 41.5 Å². The molecule has 1 spiro atoms. The summed E-state index contributed by atoms with van der Waals surface area (Å²) in [6.07, 6.45) is 9.87. The van der Waals surface area contributed by atoms with Gasteiger partial charge in [0.1, 0.15) is 0 Å². The van der Waals surface area contributed by atoms with E-state index in [1.807, 2.05) is 0 Å². The first-order valence-corrected chi connectivity index (χ1v) is 8.67. The standard InChI is InChI=1S/C17H33NO2/c1-4-16(19,5-2)13-18-14-12-15(20-6-3)17(14)10-8-7-9-11-17/h14-15,18-19H,4-13H2,1-3H3. The lowest BCUT2D eigenvalue weighted by Crippen LogP contribution is -2.65. The van der Waals surface area contributed by atoms with Crippen molar-refractivity contribution in [3.63, 3.8) is 0 Å². The summed E-state index contributed by atoms with van der Waals surface area (Å²) in [7, 11) is 0. The summed E-state index contributed by atoms with van der Waals surface area (Å²) >= 11 is 0. The first-order valence-electron chi connectivity index (χ1n) is 8.67. The van der Waals surface area contributed by atoms with Gasteiger partial charge in [0.15, 0.2) is 0 Å². The van der Waals surface area contributed by atoms with E-state index in [1.54, 1.807) is 0 Å². The molecule has 118 valence electrons. The van der Waals surface area contributed by atoms with E-state index in [-0.39, 0.29) is 0 Å². The highest BCUT2D eigenvalue weighted by molar-refractivity contribution is 5.09. The zero-order chi connectivity index (χ0) is 14.6. The molecule has 2 aliphatic rings. The SMILES string of the molecule is CCOC1CC(NCC(O)(CC)CC)C12CCCCC2. The predicted octanol–water partition coefficient (Wildman–Crippen LogP) is 3.26. The van der Waals surface area contributed by atoms with Gasteiger partial charge in [-0.15, -0.1) is 0 Å². The minimum Gasteiger partial charge on any atom is -0.389 e. The Kier molecular flexibility index (Phi) is 5.49. The molecule has 3 nitrogen and oxygen atoms in total. The minimum atomic E-state index is -0.535. The first kappa shape index (κ1) is 16.3. The van der Waals surface area contributed by atoms with Gasteiger partial charge in [-0.05, 0) is 39.0 Å². The fraction of sp³-hybridized carbons (Fsp3) is 1.00. The van der Waals surface area contributed by atoms with Crippen molar-refractivity contribution in [2.24, 2.45) is 5.41 Å². The van der Waals surface area contributed by atoms with E-state index < -0.39 is 5.60 Å². The molecule has 0 saturated heterocycles. The van der Waals surface area contributed by atoms with Crippen LogP contribution in [0.2, 0.25) is 0 Å². The van der Waals surface area contributed by atoms with Crippen molar-refractivity contribution < 1.29 is 9.84 Å². The van der Waals surface area contributed by atoms with Crippen LogP contribution in [0.15, 0.2) is 0 Å². The molecular formula is C17H33NO2. The minimum absolute atomic E-state index is 0.358. The molecule has 0 radical (unpaired) electrons. The van der Waals surface area contributed by atoms with E-state index in [1.165, 1.54) is 32.1 Å². The molecule has 0 amide bonds. The van der Waals surface area contributed by atoms with E-state index >= 15 is 0 Å². The van der Waals surface area contributed by atoms with Crippen LogP contribution in [0.4, 0.5) is 0 Å². The first-order chi connectivity index (χ1) is 9.60. The van der Waals surface area contributed by atoms with Crippen LogP contribution in [0, 0.1) is 5.41 Å². The molecule has 0 aromatic rings. The quantitative estimate of drug-likeness (QED) is 0.753. The molecular weight excluding hydrogens is 250 g/mol. The monoisotopic (exact) mass is 283 g/mol. The van der Waals surface area contributed by atoms with Crippen molar-refractivity contribution in [3.8, 4) is 0 Å². The van der Waals surface area contributed by atoms with E-state index in [2.05, 4.69) is 26.1 Å². The normalized spacial score (nSPS) is 29.4. The van der Waals surface area contributed by atoms with Crippen molar-refractivity contribution in [3.05, 3.63) is 0 Å². The van der Waals surface area contributed by atoms with Gasteiger partial charge >= 0.3 is 0 Å². The lowest BCUT2D eigenvalue weighted by Gasteiger charge is -2.58. The van der Waals surface area contributed by atoms with Crippen molar-refractivity contribution in [2.45, 2.75) is 89.9 Å². The Morgan fingerprint density at radius 1 is 1.15 bits per heavy atom. The molecule has 3 heteroatoms. The molecule has 0 bridgehead atoms. The van der Waals surface area contributed by atoms with Crippen LogP contribution < -0.4 is 5.32 Å². The molecule has 0 aliphatic heterocycles. The second-order valence-electron chi connectivity index (χ2n) is 6.84. The Balaban J connectivity index is 1.94. The number of hydrogen-bond donors (Lipinski definition) is 2. The zero-order valence-corrected chi connectivity index (χ0v) is 13.6. The summed E-state index contributed by atoms with van der Waals surface area (Å²) in [5.74, 6) is 0. The van der Waals surface area contributed by atoms with E-state index in [9.17, 15) is 5.11 Å². The van der Waals surface area contributed by atoms with E-state index in [4.69, 9.17) is 4.74 Å². The van der Waals surface area contributed by atoms with Crippen LogP contribution in [0.3, 0.4) is 0 Å². The Morgan fingerprint density at radius 2 is 1.80 bits per heavy atom. The van der Waals surface area contributed by atoms with Gasteiger partial charge in [0.2, 0.25) is 0 Å². The van der Waals surface area contributed by atoms with Crippen LogP contribution in [-0.4, -0.2) is 36.0 Å². The van der Waals surface area contributed by atoms with E-state index in [0.717, 1.165) is 32.4 Å². The lowest BCUT2D eigenvalue weighted by atomic mass is 9.55. The lowest BCUT2D eigenvalue weighted by molar-refractivity contribution is -0.153. The maximum absolute atomic E-state index is 10.5. The van der Waals surface area contributed by atoms with Gasteiger partial charge in [0.25, 0.3) is 0 Å². The van der Waals surface area contributed by atoms with Crippen LogP contribution in [0.5, 0.6) is 0 Å². The smallest absolute Gasteiger partial charge is 0.0766 e. The molecule has 2 saturated carbocycles. The van der Waals surface area contributed by atoms with Gasteiger partial charge in [0, 0.05) is 24.6 Å². The average Bonchev–Trinajstić information content (AvgIpc) is 2.50. The predicted molar refractivity (Wildman–Crippen MR) is 82.9 cm³/mol. The summed E-state index contributed by atoms with van der Waals surface area (Å²) in [5.41, 5.74) is -0.177. The fourth-order valence-electron chi connectivity index (χ4n) is 4.16. The zero-order valence-electron chi connectivity index (χ0n) is 13.6. The van der Waals surface area contributed by atoms with Gasteiger partial charge < -0.3 is 15.2 Å². The highest BCUT2D eigenvalue weighted by Gasteiger charge is 2.55. The summed E-state index contributed by atoms with van der Waals surface area (Å²) in [4.78, 5) is 0. The number of rotatable bonds is 7.